The van der Waals surface area contributed by atoms with E-state index in [1.165, 1.54) is 4.90 Å². The molecule has 2 amide bonds. The highest BCUT2D eigenvalue weighted by molar-refractivity contribution is 6.30. The minimum absolute atomic E-state index is 0.0404. The van der Waals surface area contributed by atoms with Gasteiger partial charge in [0, 0.05) is 5.02 Å². The molecule has 5 heteroatoms. The van der Waals surface area contributed by atoms with Gasteiger partial charge in [0.15, 0.2) is 0 Å². The second-order valence-electron chi connectivity index (χ2n) is 3.44. The van der Waals surface area contributed by atoms with Crippen molar-refractivity contribution in [2.45, 2.75) is 6.10 Å². The summed E-state index contributed by atoms with van der Waals surface area (Å²) < 4.78 is 5.58. The monoisotopic (exact) mass is 226 g/mol. The molecular weight excluding hydrogens is 216 g/mol. The van der Waals surface area contributed by atoms with Crippen molar-refractivity contribution in [3.63, 3.8) is 0 Å². The van der Waals surface area contributed by atoms with Crippen LogP contribution < -0.4 is 10.5 Å². The number of carbonyl (C=O) groups is 1. The van der Waals surface area contributed by atoms with Crippen LogP contribution in [-0.2, 0) is 0 Å². The van der Waals surface area contributed by atoms with Gasteiger partial charge in [0.25, 0.3) is 0 Å². The van der Waals surface area contributed by atoms with Crippen LogP contribution in [0, 0.1) is 0 Å². The van der Waals surface area contributed by atoms with Gasteiger partial charge < -0.3 is 15.4 Å². The van der Waals surface area contributed by atoms with Crippen LogP contribution in [0.3, 0.4) is 0 Å². The van der Waals surface area contributed by atoms with Gasteiger partial charge in [-0.15, -0.1) is 0 Å². The molecule has 2 N–H and O–H groups in total. The predicted octanol–water partition coefficient (Wildman–Crippen LogP) is 1.48. The maximum absolute atomic E-state index is 10.7. The van der Waals surface area contributed by atoms with Gasteiger partial charge in [-0.25, -0.2) is 4.79 Å². The number of urea groups is 1. The fraction of sp³-hybridized carbons (Fsp3) is 0.300. The van der Waals surface area contributed by atoms with Crippen molar-refractivity contribution in [3.05, 3.63) is 29.3 Å². The molecular formula is C10H11ClN2O2. The van der Waals surface area contributed by atoms with E-state index in [9.17, 15) is 4.79 Å². The number of amides is 2. The van der Waals surface area contributed by atoms with Crippen LogP contribution in [0.25, 0.3) is 0 Å². The molecule has 1 heterocycles. The van der Waals surface area contributed by atoms with Gasteiger partial charge in [-0.1, -0.05) is 11.6 Å². The molecule has 1 aromatic rings. The summed E-state index contributed by atoms with van der Waals surface area (Å²) in [4.78, 5) is 12.2. The van der Waals surface area contributed by atoms with E-state index in [1.54, 1.807) is 24.3 Å². The fourth-order valence-electron chi connectivity index (χ4n) is 1.40. The number of halogens is 1. The Bertz CT molecular complexity index is 360. The van der Waals surface area contributed by atoms with Crippen LogP contribution in [0.2, 0.25) is 5.02 Å². The minimum atomic E-state index is -0.397. The number of likely N-dealkylation sites (tertiary alicyclic amines) is 1. The van der Waals surface area contributed by atoms with Crippen molar-refractivity contribution in [1.82, 2.24) is 4.90 Å². The first-order valence-electron chi connectivity index (χ1n) is 4.62. The van der Waals surface area contributed by atoms with Gasteiger partial charge in [0.2, 0.25) is 0 Å². The lowest BCUT2D eigenvalue weighted by Crippen LogP contribution is -2.57. The van der Waals surface area contributed by atoms with Gasteiger partial charge in [-0.3, -0.25) is 0 Å². The molecule has 1 fully saturated rings. The van der Waals surface area contributed by atoms with E-state index in [2.05, 4.69) is 0 Å². The maximum Gasteiger partial charge on any atom is 0.315 e. The number of primary amides is 1. The van der Waals surface area contributed by atoms with Crippen molar-refractivity contribution in [2.75, 3.05) is 13.1 Å². The summed E-state index contributed by atoms with van der Waals surface area (Å²) in [5, 5.41) is 0.676. The number of nitrogens with zero attached hydrogens (tertiary/aromatic N) is 1. The van der Waals surface area contributed by atoms with E-state index in [1.807, 2.05) is 0 Å². The molecule has 80 valence electrons. The Hall–Kier alpha value is -1.42. The molecule has 0 aliphatic carbocycles. The molecule has 0 radical (unpaired) electrons. The van der Waals surface area contributed by atoms with Crippen LogP contribution in [0.5, 0.6) is 5.75 Å². The first kappa shape index (κ1) is 10.1. The molecule has 0 spiro atoms. The lowest BCUT2D eigenvalue weighted by atomic mass is 10.2. The van der Waals surface area contributed by atoms with Crippen LogP contribution in [-0.4, -0.2) is 30.1 Å². The number of benzene rings is 1. The third kappa shape index (κ3) is 2.33. The highest BCUT2D eigenvalue weighted by atomic mass is 35.5. The highest BCUT2D eigenvalue weighted by Gasteiger charge is 2.30. The molecule has 1 aliphatic rings. The zero-order valence-corrected chi connectivity index (χ0v) is 8.78. The number of hydrogen-bond acceptors (Lipinski definition) is 2. The topological polar surface area (TPSA) is 55.6 Å². The molecule has 0 saturated carbocycles. The average molecular weight is 227 g/mol. The lowest BCUT2D eigenvalue weighted by Gasteiger charge is -2.37. The van der Waals surface area contributed by atoms with Crippen LogP contribution in [0.4, 0.5) is 4.79 Å². The molecule has 1 aliphatic heterocycles. The first-order valence-corrected chi connectivity index (χ1v) is 4.99. The van der Waals surface area contributed by atoms with Crippen LogP contribution >= 0.6 is 11.6 Å². The maximum atomic E-state index is 10.7. The SMILES string of the molecule is NC(=O)N1CC(Oc2ccc(Cl)cc2)C1. The first-order chi connectivity index (χ1) is 7.15. The number of rotatable bonds is 2. The summed E-state index contributed by atoms with van der Waals surface area (Å²) in [6, 6.07) is 6.74. The summed E-state index contributed by atoms with van der Waals surface area (Å²) >= 11 is 5.74. The van der Waals surface area contributed by atoms with Crippen LogP contribution in [0.1, 0.15) is 0 Å². The smallest absolute Gasteiger partial charge is 0.315 e. The fourth-order valence-corrected chi connectivity index (χ4v) is 1.52. The van der Waals surface area contributed by atoms with Gasteiger partial charge in [-0.2, -0.15) is 0 Å². The number of ether oxygens (including phenoxy) is 1. The van der Waals surface area contributed by atoms with E-state index in [0.29, 0.717) is 18.1 Å². The normalized spacial score (nSPS) is 15.9. The molecule has 0 unspecified atom stereocenters. The molecule has 15 heavy (non-hydrogen) atoms. The standard InChI is InChI=1S/C10H11ClN2O2/c11-7-1-3-8(4-2-7)15-9-5-13(6-9)10(12)14/h1-4,9H,5-6H2,(H2,12,14). The highest BCUT2D eigenvalue weighted by Crippen LogP contribution is 2.20. The molecule has 1 saturated heterocycles. The van der Waals surface area contributed by atoms with Gasteiger partial charge in [0.05, 0.1) is 13.1 Å². The van der Waals surface area contributed by atoms with E-state index < -0.39 is 6.03 Å². The Balaban J connectivity index is 1.85. The zero-order valence-electron chi connectivity index (χ0n) is 8.02. The third-order valence-corrected chi connectivity index (χ3v) is 2.53. The second-order valence-corrected chi connectivity index (χ2v) is 3.87. The number of nitrogens with two attached hydrogens (primary N) is 1. The summed E-state index contributed by atoms with van der Waals surface area (Å²) in [6.07, 6.45) is 0.0404. The van der Waals surface area contributed by atoms with Gasteiger partial charge in [-0.05, 0) is 24.3 Å². The second kappa shape index (κ2) is 3.98. The quantitative estimate of drug-likeness (QED) is 0.831. The Morgan fingerprint density at radius 3 is 2.53 bits per heavy atom. The lowest BCUT2D eigenvalue weighted by molar-refractivity contribution is 0.0477. The Kier molecular flexibility index (Phi) is 2.68. The number of hydrogen-bond donors (Lipinski definition) is 1. The summed E-state index contributed by atoms with van der Waals surface area (Å²) in [5.74, 6) is 0.758. The van der Waals surface area contributed by atoms with Crippen LogP contribution in [0.15, 0.2) is 24.3 Å². The molecule has 0 atom stereocenters. The largest absolute Gasteiger partial charge is 0.487 e. The Labute approximate surface area is 92.6 Å². The zero-order chi connectivity index (χ0) is 10.8. The van der Waals surface area contributed by atoms with Crippen molar-refractivity contribution < 1.29 is 9.53 Å². The molecule has 0 bridgehead atoms. The van der Waals surface area contributed by atoms with E-state index in [-0.39, 0.29) is 6.10 Å². The van der Waals surface area contributed by atoms with E-state index in [4.69, 9.17) is 22.1 Å². The Morgan fingerprint density at radius 2 is 2.00 bits per heavy atom. The summed E-state index contributed by atoms with van der Waals surface area (Å²) in [7, 11) is 0. The van der Waals surface area contributed by atoms with E-state index in [0.717, 1.165) is 5.75 Å². The molecule has 2 rings (SSSR count). The predicted molar refractivity (Wildman–Crippen MR) is 57.0 cm³/mol. The van der Waals surface area contributed by atoms with E-state index >= 15 is 0 Å². The molecule has 1 aromatic carbocycles. The van der Waals surface area contributed by atoms with Gasteiger partial charge >= 0.3 is 6.03 Å². The van der Waals surface area contributed by atoms with Crippen molar-refractivity contribution >= 4 is 17.6 Å². The minimum Gasteiger partial charge on any atom is -0.487 e. The van der Waals surface area contributed by atoms with Crippen molar-refractivity contribution in [2.24, 2.45) is 5.73 Å². The number of carbonyl (C=O) groups excluding carboxylic acids is 1. The third-order valence-electron chi connectivity index (χ3n) is 2.28. The van der Waals surface area contributed by atoms with Crippen molar-refractivity contribution in [1.29, 1.82) is 0 Å². The van der Waals surface area contributed by atoms with Crippen molar-refractivity contribution in [3.8, 4) is 5.75 Å². The Morgan fingerprint density at radius 1 is 1.40 bits per heavy atom. The molecule has 0 aromatic heterocycles. The summed E-state index contributed by atoms with van der Waals surface area (Å²) in [6.45, 7) is 1.11. The summed E-state index contributed by atoms with van der Waals surface area (Å²) in [5.41, 5.74) is 5.09. The van der Waals surface area contributed by atoms with Gasteiger partial charge in [0.1, 0.15) is 11.9 Å². The molecule has 4 nitrogen and oxygen atoms in total. The average Bonchev–Trinajstić information content (AvgIpc) is 2.13.